The van der Waals surface area contributed by atoms with Crippen LogP contribution in [0.4, 0.5) is 11.6 Å². The third-order valence-corrected chi connectivity index (χ3v) is 4.13. The van der Waals surface area contributed by atoms with Gasteiger partial charge in [0.2, 0.25) is 0 Å². The number of hydrogen-bond acceptors (Lipinski definition) is 3. The van der Waals surface area contributed by atoms with E-state index in [0.717, 1.165) is 0 Å². The quantitative estimate of drug-likeness (QED) is 0.671. The van der Waals surface area contributed by atoms with Crippen molar-refractivity contribution in [2.75, 3.05) is 10.6 Å². The highest BCUT2D eigenvalue weighted by Crippen LogP contribution is 2.19. The minimum Gasteiger partial charge on any atom is -0.306 e. The minimum absolute atomic E-state index is 0.284. The Morgan fingerprint density at radius 1 is 0.654 bits per heavy atom. The Balaban J connectivity index is 1.74. The van der Waals surface area contributed by atoms with E-state index in [9.17, 15) is 9.59 Å². The van der Waals surface area contributed by atoms with Gasteiger partial charge in [0.15, 0.2) is 0 Å². The molecule has 0 spiro atoms. The van der Waals surface area contributed by atoms with Crippen LogP contribution in [0.2, 0.25) is 10.0 Å². The van der Waals surface area contributed by atoms with Gasteiger partial charge < -0.3 is 10.6 Å². The number of amides is 2. The molecule has 5 nitrogen and oxygen atoms in total. The van der Waals surface area contributed by atoms with E-state index in [2.05, 4.69) is 15.6 Å². The van der Waals surface area contributed by atoms with Gasteiger partial charge in [0.05, 0.1) is 21.2 Å². The van der Waals surface area contributed by atoms with E-state index in [0.29, 0.717) is 21.2 Å². The Morgan fingerprint density at radius 2 is 1.08 bits per heavy atom. The molecule has 26 heavy (non-hydrogen) atoms. The van der Waals surface area contributed by atoms with Crippen molar-refractivity contribution in [3.05, 3.63) is 87.9 Å². The van der Waals surface area contributed by atoms with Crippen LogP contribution in [0, 0.1) is 0 Å². The van der Waals surface area contributed by atoms with Crippen molar-refractivity contribution in [1.82, 2.24) is 4.98 Å². The lowest BCUT2D eigenvalue weighted by molar-refractivity contribution is 0.101. The van der Waals surface area contributed by atoms with Crippen LogP contribution in [0.15, 0.2) is 66.7 Å². The lowest BCUT2D eigenvalue weighted by Crippen LogP contribution is -2.16. The summed E-state index contributed by atoms with van der Waals surface area (Å²) in [6.07, 6.45) is 0. The first-order valence-corrected chi connectivity index (χ1v) is 8.39. The molecule has 0 atom stereocenters. The van der Waals surface area contributed by atoms with Crippen molar-refractivity contribution in [3.63, 3.8) is 0 Å². The Morgan fingerprint density at radius 3 is 1.50 bits per heavy atom. The fourth-order valence-corrected chi connectivity index (χ4v) is 2.68. The highest BCUT2D eigenvalue weighted by atomic mass is 35.5. The average molecular weight is 386 g/mol. The average Bonchev–Trinajstić information content (AvgIpc) is 2.62. The topological polar surface area (TPSA) is 71.1 Å². The summed E-state index contributed by atoms with van der Waals surface area (Å²) in [5.74, 6) is -0.214. The molecule has 2 N–H and O–H groups in total. The molecule has 0 fully saturated rings. The van der Waals surface area contributed by atoms with Gasteiger partial charge in [-0.25, -0.2) is 4.98 Å². The lowest BCUT2D eigenvalue weighted by atomic mass is 10.2. The van der Waals surface area contributed by atoms with Crippen LogP contribution in [0.1, 0.15) is 20.7 Å². The van der Waals surface area contributed by atoms with E-state index in [4.69, 9.17) is 23.2 Å². The number of carbonyl (C=O) groups is 2. The van der Waals surface area contributed by atoms with Gasteiger partial charge in [0.25, 0.3) is 11.8 Å². The molecule has 1 aromatic heterocycles. The molecule has 0 unspecified atom stereocenters. The second-order valence-corrected chi connectivity index (χ2v) is 6.09. The summed E-state index contributed by atoms with van der Waals surface area (Å²) in [5, 5.41) is 5.99. The number of carbonyl (C=O) groups excluding carboxylic acids is 2. The van der Waals surface area contributed by atoms with E-state index in [-0.39, 0.29) is 11.6 Å². The van der Waals surface area contributed by atoms with Gasteiger partial charge in [0.1, 0.15) is 11.6 Å². The molecular weight excluding hydrogens is 373 g/mol. The maximum atomic E-state index is 12.3. The molecule has 0 aliphatic rings. The lowest BCUT2D eigenvalue weighted by Gasteiger charge is -2.09. The third-order valence-electron chi connectivity index (χ3n) is 3.47. The zero-order valence-electron chi connectivity index (χ0n) is 13.4. The van der Waals surface area contributed by atoms with Crippen molar-refractivity contribution in [2.24, 2.45) is 0 Å². The standard InChI is InChI=1S/C19H13Cl2N3O2/c20-14-8-3-1-6-12(14)18(25)23-16-10-5-11-17(22-16)24-19(26)13-7-2-4-9-15(13)21/h1-11H,(H2,22,23,24,25,26). The Labute approximate surface area is 160 Å². The van der Waals surface area contributed by atoms with Gasteiger partial charge in [-0.05, 0) is 36.4 Å². The molecule has 130 valence electrons. The fourth-order valence-electron chi connectivity index (χ4n) is 2.23. The number of hydrogen-bond donors (Lipinski definition) is 2. The van der Waals surface area contributed by atoms with Gasteiger partial charge in [-0.1, -0.05) is 53.5 Å². The van der Waals surface area contributed by atoms with Gasteiger partial charge >= 0.3 is 0 Å². The van der Waals surface area contributed by atoms with E-state index in [1.807, 2.05) is 0 Å². The zero-order valence-corrected chi connectivity index (χ0v) is 14.9. The minimum atomic E-state index is -0.391. The summed E-state index contributed by atoms with van der Waals surface area (Å²) >= 11 is 12.0. The Bertz CT molecular complexity index is 902. The first-order valence-electron chi connectivity index (χ1n) is 7.63. The van der Waals surface area contributed by atoms with Crippen LogP contribution in [-0.2, 0) is 0 Å². The molecule has 1 heterocycles. The van der Waals surface area contributed by atoms with E-state index < -0.39 is 11.8 Å². The van der Waals surface area contributed by atoms with Crippen LogP contribution in [-0.4, -0.2) is 16.8 Å². The SMILES string of the molecule is O=C(Nc1cccc(NC(=O)c2ccccc2Cl)n1)c1ccccc1Cl. The van der Waals surface area contributed by atoms with Gasteiger partial charge in [0, 0.05) is 0 Å². The van der Waals surface area contributed by atoms with Crippen LogP contribution in [0.25, 0.3) is 0 Å². The molecule has 3 rings (SSSR count). The number of anilines is 2. The second kappa shape index (κ2) is 7.99. The van der Waals surface area contributed by atoms with Gasteiger partial charge in [-0.3, -0.25) is 9.59 Å². The number of rotatable bonds is 4. The summed E-state index contributed by atoms with van der Waals surface area (Å²) in [6.45, 7) is 0. The molecule has 2 amide bonds. The molecule has 0 saturated carbocycles. The van der Waals surface area contributed by atoms with Crippen LogP contribution < -0.4 is 10.6 Å². The highest BCUT2D eigenvalue weighted by Gasteiger charge is 2.13. The van der Waals surface area contributed by atoms with Crippen LogP contribution >= 0.6 is 23.2 Å². The zero-order chi connectivity index (χ0) is 18.5. The normalized spacial score (nSPS) is 10.2. The summed E-state index contributed by atoms with van der Waals surface area (Å²) in [7, 11) is 0. The number of nitrogens with one attached hydrogen (secondary N) is 2. The predicted molar refractivity (Wildman–Crippen MR) is 103 cm³/mol. The van der Waals surface area contributed by atoms with Crippen molar-refractivity contribution in [1.29, 1.82) is 0 Å². The number of benzene rings is 2. The smallest absolute Gasteiger partial charge is 0.258 e. The van der Waals surface area contributed by atoms with Crippen LogP contribution in [0.3, 0.4) is 0 Å². The Hall–Kier alpha value is -2.89. The molecule has 0 radical (unpaired) electrons. The number of nitrogens with zero attached hydrogens (tertiary/aromatic N) is 1. The molecular formula is C19H13Cl2N3O2. The van der Waals surface area contributed by atoms with Crippen molar-refractivity contribution in [2.45, 2.75) is 0 Å². The number of pyridine rings is 1. The van der Waals surface area contributed by atoms with Crippen molar-refractivity contribution in [3.8, 4) is 0 Å². The van der Waals surface area contributed by atoms with Crippen LogP contribution in [0.5, 0.6) is 0 Å². The predicted octanol–water partition coefficient (Wildman–Crippen LogP) is 4.89. The Kier molecular flexibility index (Phi) is 5.51. The maximum Gasteiger partial charge on any atom is 0.258 e. The monoisotopic (exact) mass is 385 g/mol. The van der Waals surface area contributed by atoms with Gasteiger partial charge in [-0.2, -0.15) is 0 Å². The molecule has 2 aromatic carbocycles. The molecule has 3 aromatic rings. The summed E-state index contributed by atoms with van der Waals surface area (Å²) in [5.41, 5.74) is 0.669. The maximum absolute atomic E-state index is 12.3. The molecule has 0 bridgehead atoms. The molecule has 0 saturated heterocycles. The molecule has 7 heteroatoms. The first kappa shape index (κ1) is 17.9. The van der Waals surface area contributed by atoms with E-state index in [1.54, 1.807) is 66.7 Å². The molecule has 0 aliphatic carbocycles. The summed E-state index contributed by atoms with van der Waals surface area (Å²) < 4.78 is 0. The highest BCUT2D eigenvalue weighted by molar-refractivity contribution is 6.34. The van der Waals surface area contributed by atoms with E-state index in [1.165, 1.54) is 0 Å². The largest absolute Gasteiger partial charge is 0.306 e. The summed E-state index contributed by atoms with van der Waals surface area (Å²) in [6, 6.07) is 18.3. The number of halogens is 2. The fraction of sp³-hybridized carbons (Fsp3) is 0. The van der Waals surface area contributed by atoms with Crippen molar-refractivity contribution < 1.29 is 9.59 Å². The van der Waals surface area contributed by atoms with E-state index >= 15 is 0 Å². The molecule has 0 aliphatic heterocycles. The summed E-state index contributed by atoms with van der Waals surface area (Å²) in [4.78, 5) is 28.8. The van der Waals surface area contributed by atoms with Gasteiger partial charge in [-0.15, -0.1) is 0 Å². The first-order chi connectivity index (χ1) is 12.5. The number of aromatic nitrogens is 1. The second-order valence-electron chi connectivity index (χ2n) is 5.28. The third kappa shape index (κ3) is 4.20. The van der Waals surface area contributed by atoms with Crippen molar-refractivity contribution >= 4 is 46.7 Å².